The lowest BCUT2D eigenvalue weighted by Crippen LogP contribution is -2.15. The van der Waals surface area contributed by atoms with Crippen LogP contribution in [-0.2, 0) is 12.8 Å². The molecule has 0 saturated heterocycles. The van der Waals surface area contributed by atoms with Gasteiger partial charge in [0.05, 0.1) is 0 Å². The molecule has 0 radical (unpaired) electrons. The molecule has 1 N–H and O–H groups in total. The molecule has 6 heteroatoms. The average molecular weight is 283 g/mol. The van der Waals surface area contributed by atoms with E-state index < -0.39 is 11.6 Å². The summed E-state index contributed by atoms with van der Waals surface area (Å²) in [6.07, 6.45) is 1.32. The maximum atomic E-state index is 13.1. The zero-order chi connectivity index (χ0) is 13.7. The predicted molar refractivity (Wildman–Crippen MR) is 71.3 cm³/mol. The first-order valence-corrected chi connectivity index (χ1v) is 6.96. The number of aromatic nitrogens is 2. The van der Waals surface area contributed by atoms with E-state index in [1.807, 2.05) is 0 Å². The van der Waals surface area contributed by atoms with Crippen LogP contribution in [0, 0.1) is 11.6 Å². The number of hydrogen-bond donors (Lipinski definition) is 1. The molecule has 1 aromatic heterocycles. The third kappa shape index (κ3) is 4.04. The Kier molecular flexibility index (Phi) is 4.93. The van der Waals surface area contributed by atoms with Crippen molar-refractivity contribution in [3.63, 3.8) is 0 Å². The predicted octanol–water partition coefficient (Wildman–Crippen LogP) is 2.56. The lowest BCUT2D eigenvalue weighted by Gasteiger charge is -1.98. The summed E-state index contributed by atoms with van der Waals surface area (Å²) < 4.78 is 25.9. The molecule has 0 unspecified atom stereocenters. The largest absolute Gasteiger partial charge is 0.317 e. The van der Waals surface area contributed by atoms with Crippen LogP contribution >= 0.6 is 11.3 Å². The van der Waals surface area contributed by atoms with Gasteiger partial charge in [-0.1, -0.05) is 13.0 Å². The van der Waals surface area contributed by atoms with E-state index in [1.54, 1.807) is 6.07 Å². The van der Waals surface area contributed by atoms with Gasteiger partial charge in [-0.3, -0.25) is 0 Å². The van der Waals surface area contributed by atoms with Gasteiger partial charge in [-0.15, -0.1) is 21.5 Å². The SMILES string of the molecule is CCNCCc1nnc(Cc2ccc(F)c(F)c2)s1. The van der Waals surface area contributed by atoms with Crippen molar-refractivity contribution in [1.29, 1.82) is 0 Å². The second-order valence-corrected chi connectivity index (χ2v) is 5.26. The van der Waals surface area contributed by atoms with Crippen molar-refractivity contribution in [3.05, 3.63) is 45.4 Å². The summed E-state index contributed by atoms with van der Waals surface area (Å²) in [5.74, 6) is -1.65. The maximum absolute atomic E-state index is 13.1. The molecule has 0 fully saturated rings. The minimum atomic E-state index is -0.827. The molecule has 102 valence electrons. The molecule has 1 heterocycles. The minimum absolute atomic E-state index is 0.482. The second-order valence-electron chi connectivity index (χ2n) is 4.12. The average Bonchev–Trinajstić information content (AvgIpc) is 2.82. The van der Waals surface area contributed by atoms with Crippen molar-refractivity contribution in [3.8, 4) is 0 Å². The molecule has 3 nitrogen and oxygen atoms in total. The highest BCUT2D eigenvalue weighted by molar-refractivity contribution is 7.11. The number of hydrogen-bond acceptors (Lipinski definition) is 4. The van der Waals surface area contributed by atoms with Gasteiger partial charge in [0.25, 0.3) is 0 Å². The smallest absolute Gasteiger partial charge is 0.159 e. The van der Waals surface area contributed by atoms with Crippen molar-refractivity contribution < 1.29 is 8.78 Å². The Morgan fingerprint density at radius 3 is 2.68 bits per heavy atom. The molecule has 19 heavy (non-hydrogen) atoms. The fourth-order valence-electron chi connectivity index (χ4n) is 1.66. The summed E-state index contributed by atoms with van der Waals surface area (Å²) in [4.78, 5) is 0. The van der Waals surface area contributed by atoms with Crippen LogP contribution in [0.5, 0.6) is 0 Å². The van der Waals surface area contributed by atoms with Gasteiger partial charge in [0.2, 0.25) is 0 Å². The van der Waals surface area contributed by atoms with E-state index in [9.17, 15) is 8.78 Å². The van der Waals surface area contributed by atoms with Crippen LogP contribution in [0.25, 0.3) is 0 Å². The summed E-state index contributed by atoms with van der Waals surface area (Å²) in [5.41, 5.74) is 0.702. The standard InChI is InChI=1S/C13H15F2N3S/c1-2-16-6-5-12-17-18-13(19-12)8-9-3-4-10(14)11(15)7-9/h3-4,7,16H,2,5-6,8H2,1H3. The number of halogens is 2. The van der Waals surface area contributed by atoms with Crippen molar-refractivity contribution in [2.24, 2.45) is 0 Å². The molecular weight excluding hydrogens is 268 g/mol. The third-order valence-corrected chi connectivity index (χ3v) is 3.60. The Morgan fingerprint density at radius 2 is 1.95 bits per heavy atom. The quantitative estimate of drug-likeness (QED) is 0.828. The Balaban J connectivity index is 1.97. The van der Waals surface area contributed by atoms with E-state index in [2.05, 4.69) is 22.4 Å². The molecule has 2 aromatic rings. The van der Waals surface area contributed by atoms with Gasteiger partial charge in [0.15, 0.2) is 11.6 Å². The van der Waals surface area contributed by atoms with Gasteiger partial charge in [0.1, 0.15) is 10.0 Å². The highest BCUT2D eigenvalue weighted by Crippen LogP contribution is 2.16. The molecule has 0 bridgehead atoms. The van der Waals surface area contributed by atoms with Crippen molar-refractivity contribution >= 4 is 11.3 Å². The first-order valence-electron chi connectivity index (χ1n) is 6.15. The monoisotopic (exact) mass is 283 g/mol. The molecule has 0 atom stereocenters. The Labute approximate surface area is 114 Å². The minimum Gasteiger partial charge on any atom is -0.317 e. The van der Waals surface area contributed by atoms with Gasteiger partial charge in [0, 0.05) is 19.4 Å². The summed E-state index contributed by atoms with van der Waals surface area (Å²) in [5, 5.41) is 13.1. The molecule has 0 aliphatic heterocycles. The Bertz CT molecular complexity index is 542. The molecule has 0 amide bonds. The molecule has 0 saturated carbocycles. The lowest BCUT2D eigenvalue weighted by atomic mass is 10.1. The van der Waals surface area contributed by atoms with Crippen molar-refractivity contribution in [2.45, 2.75) is 19.8 Å². The van der Waals surface area contributed by atoms with E-state index in [0.717, 1.165) is 35.6 Å². The normalized spacial score (nSPS) is 10.9. The van der Waals surface area contributed by atoms with Crippen LogP contribution in [0.1, 0.15) is 22.5 Å². The Hall–Kier alpha value is -1.40. The van der Waals surface area contributed by atoms with Gasteiger partial charge in [-0.05, 0) is 24.2 Å². The van der Waals surface area contributed by atoms with E-state index in [4.69, 9.17) is 0 Å². The van der Waals surface area contributed by atoms with Gasteiger partial charge < -0.3 is 5.32 Å². The fourth-order valence-corrected chi connectivity index (χ4v) is 2.54. The molecule has 1 aromatic carbocycles. The zero-order valence-corrected chi connectivity index (χ0v) is 11.4. The van der Waals surface area contributed by atoms with Crippen LogP contribution in [0.2, 0.25) is 0 Å². The molecule has 0 aliphatic carbocycles. The van der Waals surface area contributed by atoms with Gasteiger partial charge in [-0.25, -0.2) is 8.78 Å². The number of likely N-dealkylation sites (N-methyl/N-ethyl adjacent to an activating group) is 1. The van der Waals surface area contributed by atoms with Gasteiger partial charge >= 0.3 is 0 Å². The first-order chi connectivity index (χ1) is 9.19. The maximum Gasteiger partial charge on any atom is 0.159 e. The highest BCUT2D eigenvalue weighted by Gasteiger charge is 2.07. The fraction of sp³-hybridized carbons (Fsp3) is 0.385. The summed E-state index contributed by atoms with van der Waals surface area (Å²) in [6.45, 7) is 3.85. The molecule has 0 spiro atoms. The number of nitrogens with one attached hydrogen (secondary N) is 1. The molecule has 2 rings (SSSR count). The lowest BCUT2D eigenvalue weighted by molar-refractivity contribution is 0.507. The van der Waals surface area contributed by atoms with Crippen LogP contribution in [0.15, 0.2) is 18.2 Å². The van der Waals surface area contributed by atoms with Gasteiger partial charge in [-0.2, -0.15) is 0 Å². The molecular formula is C13H15F2N3S. The molecule has 0 aliphatic rings. The highest BCUT2D eigenvalue weighted by atomic mass is 32.1. The van der Waals surface area contributed by atoms with Crippen LogP contribution in [0.4, 0.5) is 8.78 Å². The summed E-state index contributed by atoms with van der Waals surface area (Å²) >= 11 is 1.51. The number of rotatable bonds is 6. The number of benzene rings is 1. The van der Waals surface area contributed by atoms with Crippen LogP contribution in [0.3, 0.4) is 0 Å². The Morgan fingerprint density at radius 1 is 1.16 bits per heavy atom. The van der Waals surface area contributed by atoms with Crippen molar-refractivity contribution in [2.75, 3.05) is 13.1 Å². The second kappa shape index (κ2) is 6.68. The summed E-state index contributed by atoms with van der Waals surface area (Å²) in [6, 6.07) is 3.91. The first kappa shape index (κ1) is 14.0. The number of nitrogens with zero attached hydrogens (tertiary/aromatic N) is 2. The van der Waals surface area contributed by atoms with Crippen LogP contribution < -0.4 is 5.32 Å². The topological polar surface area (TPSA) is 37.8 Å². The van der Waals surface area contributed by atoms with E-state index in [-0.39, 0.29) is 0 Å². The van der Waals surface area contributed by atoms with E-state index in [0.29, 0.717) is 12.0 Å². The van der Waals surface area contributed by atoms with E-state index >= 15 is 0 Å². The van der Waals surface area contributed by atoms with E-state index in [1.165, 1.54) is 17.4 Å². The van der Waals surface area contributed by atoms with Crippen molar-refractivity contribution in [1.82, 2.24) is 15.5 Å². The summed E-state index contributed by atoms with van der Waals surface area (Å²) in [7, 11) is 0. The zero-order valence-electron chi connectivity index (χ0n) is 10.6. The third-order valence-electron chi connectivity index (χ3n) is 2.61. The van der Waals surface area contributed by atoms with Crippen LogP contribution in [-0.4, -0.2) is 23.3 Å².